The molecular formula is C23H20N4O2. The van der Waals surface area contributed by atoms with Crippen molar-refractivity contribution in [1.29, 1.82) is 0 Å². The minimum atomic E-state index is -0.469. The largest absolute Gasteiger partial charge is 0.350 e. The van der Waals surface area contributed by atoms with Gasteiger partial charge in [-0.25, -0.2) is 5.43 Å². The Kier molecular flexibility index (Phi) is 4.83. The molecule has 0 spiro atoms. The number of aromatic amines is 1. The zero-order valence-electron chi connectivity index (χ0n) is 16.1. The number of hydrazone groups is 1. The van der Waals surface area contributed by atoms with Gasteiger partial charge >= 0.3 is 0 Å². The van der Waals surface area contributed by atoms with E-state index in [-0.39, 0.29) is 11.6 Å². The number of rotatable bonds is 4. The Morgan fingerprint density at radius 3 is 2.48 bits per heavy atom. The minimum Gasteiger partial charge on any atom is -0.350 e. The number of aromatic nitrogens is 1. The lowest BCUT2D eigenvalue weighted by molar-refractivity contribution is 0.0820. The molecule has 2 amide bonds. The fourth-order valence-corrected chi connectivity index (χ4v) is 3.27. The molecule has 0 radical (unpaired) electrons. The summed E-state index contributed by atoms with van der Waals surface area (Å²) in [5, 5.41) is 7.01. The molecule has 2 N–H and O–H groups in total. The van der Waals surface area contributed by atoms with Crippen molar-refractivity contribution in [2.45, 2.75) is 0 Å². The van der Waals surface area contributed by atoms with Crippen LogP contribution in [0.3, 0.4) is 0 Å². The Hall–Kier alpha value is -3.93. The summed E-state index contributed by atoms with van der Waals surface area (Å²) >= 11 is 0. The van der Waals surface area contributed by atoms with Gasteiger partial charge in [-0.2, -0.15) is 5.10 Å². The van der Waals surface area contributed by atoms with Crippen LogP contribution in [0.15, 0.2) is 71.8 Å². The molecule has 0 aliphatic rings. The van der Waals surface area contributed by atoms with Crippen LogP contribution in [0.4, 0.5) is 0 Å². The molecule has 0 saturated heterocycles. The average molecular weight is 384 g/mol. The lowest BCUT2D eigenvalue weighted by Gasteiger charge is -2.10. The van der Waals surface area contributed by atoms with Crippen LogP contribution >= 0.6 is 0 Å². The summed E-state index contributed by atoms with van der Waals surface area (Å²) in [6, 6.07) is 21.3. The second-order valence-electron chi connectivity index (χ2n) is 6.93. The predicted octanol–water partition coefficient (Wildman–Crippen LogP) is 3.79. The monoisotopic (exact) mass is 384 g/mol. The summed E-state index contributed by atoms with van der Waals surface area (Å²) in [6.07, 6.45) is 1.58. The van der Waals surface area contributed by atoms with Crippen molar-refractivity contribution in [3.63, 3.8) is 0 Å². The minimum absolute atomic E-state index is 0.195. The molecule has 144 valence electrons. The third-order valence-electron chi connectivity index (χ3n) is 4.71. The van der Waals surface area contributed by atoms with Crippen LogP contribution in [0, 0.1) is 0 Å². The second-order valence-corrected chi connectivity index (χ2v) is 6.93. The molecule has 29 heavy (non-hydrogen) atoms. The zero-order valence-corrected chi connectivity index (χ0v) is 16.1. The standard InChI is InChI=1S/C23H20N4O2/c1-27(2)23(29)20-18-9-5-6-10-19(18)25-21(20)22(28)26-24-14-15-11-12-16-7-3-4-8-17(16)13-15/h3-14,25H,1-2H3,(H,26,28)/b24-14+. The molecular weight excluding hydrogens is 364 g/mol. The fraction of sp³-hybridized carbons (Fsp3) is 0.0870. The van der Waals surface area contributed by atoms with Crippen LogP contribution in [0.2, 0.25) is 0 Å². The number of benzene rings is 3. The first-order valence-electron chi connectivity index (χ1n) is 9.19. The highest BCUT2D eigenvalue weighted by Gasteiger charge is 2.24. The first-order chi connectivity index (χ1) is 14.0. The number of hydrogen-bond acceptors (Lipinski definition) is 3. The lowest BCUT2D eigenvalue weighted by atomic mass is 10.1. The van der Waals surface area contributed by atoms with Gasteiger partial charge in [0.1, 0.15) is 5.69 Å². The maximum atomic E-state index is 12.7. The molecule has 1 aromatic heterocycles. The maximum absolute atomic E-state index is 12.7. The molecule has 3 aromatic carbocycles. The van der Waals surface area contributed by atoms with Crippen LogP contribution in [-0.4, -0.2) is 42.0 Å². The first-order valence-corrected chi connectivity index (χ1v) is 9.19. The second kappa shape index (κ2) is 7.59. The topological polar surface area (TPSA) is 77.6 Å². The molecule has 0 fully saturated rings. The van der Waals surface area contributed by atoms with E-state index in [1.54, 1.807) is 20.3 Å². The van der Waals surface area contributed by atoms with Gasteiger partial charge in [0.2, 0.25) is 0 Å². The van der Waals surface area contributed by atoms with E-state index in [1.807, 2.05) is 66.7 Å². The number of nitrogens with one attached hydrogen (secondary N) is 2. The third-order valence-corrected chi connectivity index (χ3v) is 4.71. The van der Waals surface area contributed by atoms with Crippen molar-refractivity contribution >= 4 is 39.7 Å². The van der Waals surface area contributed by atoms with E-state index >= 15 is 0 Å². The van der Waals surface area contributed by atoms with Crippen LogP contribution in [0.1, 0.15) is 26.4 Å². The van der Waals surface area contributed by atoms with Crippen molar-refractivity contribution < 1.29 is 9.59 Å². The highest BCUT2D eigenvalue weighted by atomic mass is 16.2. The maximum Gasteiger partial charge on any atom is 0.288 e. The van der Waals surface area contributed by atoms with E-state index in [9.17, 15) is 9.59 Å². The summed E-state index contributed by atoms with van der Waals surface area (Å²) in [7, 11) is 3.31. The highest BCUT2D eigenvalue weighted by Crippen LogP contribution is 2.23. The molecule has 6 nitrogen and oxygen atoms in total. The third kappa shape index (κ3) is 3.60. The Morgan fingerprint density at radius 2 is 1.69 bits per heavy atom. The molecule has 4 aromatic rings. The van der Waals surface area contributed by atoms with E-state index in [0.717, 1.165) is 21.9 Å². The van der Waals surface area contributed by atoms with Gasteiger partial charge in [-0.15, -0.1) is 0 Å². The zero-order chi connectivity index (χ0) is 20.4. The SMILES string of the molecule is CN(C)C(=O)c1c(C(=O)N/N=C/c2ccc3ccccc3c2)[nH]c2ccccc12. The van der Waals surface area contributed by atoms with Crippen LogP contribution in [0.25, 0.3) is 21.7 Å². The van der Waals surface area contributed by atoms with Crippen molar-refractivity contribution in [2.24, 2.45) is 5.10 Å². The van der Waals surface area contributed by atoms with Gasteiger partial charge < -0.3 is 9.88 Å². The Morgan fingerprint density at radius 1 is 0.966 bits per heavy atom. The Bertz CT molecular complexity index is 1250. The first kappa shape index (κ1) is 18.4. The van der Waals surface area contributed by atoms with Gasteiger partial charge in [0, 0.05) is 25.0 Å². The lowest BCUT2D eigenvalue weighted by Crippen LogP contribution is -2.26. The van der Waals surface area contributed by atoms with E-state index in [0.29, 0.717) is 10.9 Å². The van der Waals surface area contributed by atoms with E-state index in [1.165, 1.54) is 4.90 Å². The number of hydrogen-bond donors (Lipinski definition) is 2. The van der Waals surface area contributed by atoms with Gasteiger partial charge in [0.05, 0.1) is 11.8 Å². The molecule has 0 bridgehead atoms. The summed E-state index contributed by atoms with van der Waals surface area (Å²) in [4.78, 5) is 29.9. The predicted molar refractivity (Wildman–Crippen MR) is 115 cm³/mol. The summed E-state index contributed by atoms with van der Waals surface area (Å²) in [6.45, 7) is 0. The molecule has 0 aliphatic carbocycles. The molecule has 0 unspecified atom stereocenters. The fourth-order valence-electron chi connectivity index (χ4n) is 3.27. The average Bonchev–Trinajstić information content (AvgIpc) is 3.12. The van der Waals surface area contributed by atoms with Crippen molar-refractivity contribution in [2.75, 3.05) is 14.1 Å². The van der Waals surface area contributed by atoms with Gasteiger partial charge in [-0.3, -0.25) is 9.59 Å². The van der Waals surface area contributed by atoms with Gasteiger partial charge in [-0.1, -0.05) is 54.6 Å². The van der Waals surface area contributed by atoms with Crippen molar-refractivity contribution in [3.05, 3.63) is 83.6 Å². The molecule has 0 atom stereocenters. The number of fused-ring (bicyclic) bond motifs is 2. The van der Waals surface area contributed by atoms with E-state index < -0.39 is 5.91 Å². The number of carbonyl (C=O) groups is 2. The molecule has 1 heterocycles. The van der Waals surface area contributed by atoms with Crippen molar-refractivity contribution in [3.8, 4) is 0 Å². The summed E-state index contributed by atoms with van der Waals surface area (Å²) in [5.41, 5.74) is 4.64. The summed E-state index contributed by atoms with van der Waals surface area (Å²) in [5.74, 6) is -0.713. The Balaban J connectivity index is 1.61. The molecule has 0 saturated carbocycles. The number of H-pyrrole nitrogens is 1. The smallest absolute Gasteiger partial charge is 0.288 e. The normalized spacial score (nSPS) is 11.2. The number of nitrogens with zero attached hydrogens (tertiary/aromatic N) is 2. The van der Waals surface area contributed by atoms with E-state index in [2.05, 4.69) is 15.5 Å². The van der Waals surface area contributed by atoms with Crippen LogP contribution in [0.5, 0.6) is 0 Å². The van der Waals surface area contributed by atoms with E-state index in [4.69, 9.17) is 0 Å². The molecule has 4 rings (SSSR count). The van der Waals surface area contributed by atoms with Gasteiger partial charge in [0.15, 0.2) is 0 Å². The highest BCUT2D eigenvalue weighted by molar-refractivity contribution is 6.15. The molecule has 6 heteroatoms. The van der Waals surface area contributed by atoms with Crippen LogP contribution < -0.4 is 5.43 Å². The van der Waals surface area contributed by atoms with Crippen LogP contribution in [-0.2, 0) is 0 Å². The number of amides is 2. The summed E-state index contributed by atoms with van der Waals surface area (Å²) < 4.78 is 0. The number of para-hydroxylation sites is 1. The Labute approximate surface area is 167 Å². The van der Waals surface area contributed by atoms with Gasteiger partial charge in [-0.05, 0) is 28.5 Å². The molecule has 0 aliphatic heterocycles. The van der Waals surface area contributed by atoms with Crippen molar-refractivity contribution in [1.82, 2.24) is 15.3 Å². The quantitative estimate of drug-likeness (QED) is 0.415. The number of carbonyl (C=O) groups excluding carboxylic acids is 2. The van der Waals surface area contributed by atoms with Gasteiger partial charge in [0.25, 0.3) is 11.8 Å².